The first-order valence-corrected chi connectivity index (χ1v) is 10.9. The van der Waals surface area contributed by atoms with E-state index in [9.17, 15) is 0 Å². The van der Waals surface area contributed by atoms with Crippen LogP contribution in [0.2, 0.25) is 0 Å². The second-order valence-electron chi connectivity index (χ2n) is 7.00. The summed E-state index contributed by atoms with van der Waals surface area (Å²) < 4.78 is 1.45. The Morgan fingerprint density at radius 3 is 1.68 bits per heavy atom. The average molecular weight is 444 g/mol. The summed E-state index contributed by atoms with van der Waals surface area (Å²) in [6, 6.07) is 17.2. The Morgan fingerprint density at radius 1 is 0.821 bits per heavy atom. The van der Waals surface area contributed by atoms with Crippen LogP contribution in [0.3, 0.4) is 0 Å². The van der Waals surface area contributed by atoms with Gasteiger partial charge in [-0.3, -0.25) is 12.2 Å². The predicted molar refractivity (Wildman–Crippen MR) is 118 cm³/mol. The molecule has 0 amide bonds. The molecule has 0 bridgehead atoms. The minimum Gasteiger partial charge on any atom is -0.273 e. The molecule has 28 heavy (non-hydrogen) atoms. The van der Waals surface area contributed by atoms with Crippen LogP contribution < -0.4 is 0 Å². The Bertz CT molecular complexity index is 865. The summed E-state index contributed by atoms with van der Waals surface area (Å²) in [4.78, 5) is 0. The van der Waals surface area contributed by atoms with Gasteiger partial charge in [0.1, 0.15) is 0 Å². The Labute approximate surface area is 185 Å². The third kappa shape index (κ3) is 6.95. The number of allylic oxidation sites excluding steroid dienone is 8. The molecule has 0 N–H and O–H groups in total. The molecule has 140 valence electrons. The first-order valence-electron chi connectivity index (χ1n) is 9.66. The van der Waals surface area contributed by atoms with Gasteiger partial charge in [0, 0.05) is 0 Å². The summed E-state index contributed by atoms with van der Waals surface area (Å²) in [5.41, 5.74) is 8.33. The van der Waals surface area contributed by atoms with Gasteiger partial charge in [-0.15, -0.1) is 19.8 Å². The molecule has 0 aliphatic heterocycles. The molecular formula is C27H28Zr. The normalized spacial score (nSPS) is 13.8. The zero-order valence-corrected chi connectivity index (χ0v) is 19.8. The zero-order valence-electron chi connectivity index (χ0n) is 17.3. The summed E-state index contributed by atoms with van der Waals surface area (Å²) in [6.45, 7) is 8.62. The number of hydrogen-bond acceptors (Lipinski definition) is 0. The molecule has 0 saturated heterocycles. The molecule has 0 aromatic heterocycles. The Balaban J connectivity index is 0.000000190. The van der Waals surface area contributed by atoms with Gasteiger partial charge in [-0.05, 0) is 0 Å². The first-order chi connectivity index (χ1) is 13.5. The summed E-state index contributed by atoms with van der Waals surface area (Å²) >= 11 is 1.47. The van der Waals surface area contributed by atoms with Crippen LogP contribution >= 0.6 is 0 Å². The van der Waals surface area contributed by atoms with Crippen molar-refractivity contribution in [2.75, 3.05) is 0 Å². The molecular weight excluding hydrogens is 416 g/mol. The number of benzene rings is 2. The summed E-state index contributed by atoms with van der Waals surface area (Å²) in [7, 11) is 0. The molecule has 0 heterocycles. The Kier molecular flexibility index (Phi) is 9.52. The van der Waals surface area contributed by atoms with Crippen molar-refractivity contribution in [3.63, 3.8) is 0 Å². The molecule has 0 fully saturated rings. The number of aryl methyl sites for hydroxylation is 2. The number of hydrogen-bond donors (Lipinski definition) is 0. The van der Waals surface area contributed by atoms with Crippen molar-refractivity contribution in [2.24, 2.45) is 0 Å². The van der Waals surface area contributed by atoms with Gasteiger partial charge in [0.25, 0.3) is 0 Å². The van der Waals surface area contributed by atoms with E-state index in [4.69, 9.17) is 0 Å². The van der Waals surface area contributed by atoms with Crippen LogP contribution in [0.1, 0.15) is 48.9 Å². The Morgan fingerprint density at radius 2 is 1.39 bits per heavy atom. The second kappa shape index (κ2) is 11.9. The fraction of sp³-hybridized carbons (Fsp3) is 0.222. The van der Waals surface area contributed by atoms with Gasteiger partial charge in [-0.1, -0.05) is 6.92 Å². The van der Waals surface area contributed by atoms with E-state index in [1.54, 1.807) is 0 Å². The maximum atomic E-state index is 3.12. The van der Waals surface area contributed by atoms with E-state index in [1.807, 2.05) is 12.2 Å². The minimum absolute atomic E-state index is 1.01. The van der Waals surface area contributed by atoms with Crippen LogP contribution in [0.4, 0.5) is 0 Å². The molecule has 0 radical (unpaired) electrons. The zero-order chi connectivity index (χ0) is 20.4. The van der Waals surface area contributed by atoms with Gasteiger partial charge in [-0.2, -0.15) is 11.6 Å². The van der Waals surface area contributed by atoms with Gasteiger partial charge >= 0.3 is 112 Å². The quantitative estimate of drug-likeness (QED) is 0.447. The molecule has 2 aromatic rings. The van der Waals surface area contributed by atoms with Gasteiger partial charge in [0.2, 0.25) is 0 Å². The van der Waals surface area contributed by atoms with Crippen molar-refractivity contribution < 1.29 is 24.2 Å². The number of rotatable bonds is 2. The molecule has 0 unspecified atom stereocenters. The van der Waals surface area contributed by atoms with E-state index in [2.05, 4.69) is 101 Å². The SMILES string of the molecule is CC1=C(C)C[C-]=C1.Cc1ccccc1[C](=[Zr+2])c1ccccc1C.[C-]1=CC=CC1. The van der Waals surface area contributed by atoms with Crippen LogP contribution in [0.25, 0.3) is 0 Å². The molecule has 0 spiro atoms. The average Bonchev–Trinajstić information content (AvgIpc) is 3.39. The molecule has 2 aromatic carbocycles. The van der Waals surface area contributed by atoms with Crippen molar-refractivity contribution in [2.45, 2.75) is 40.5 Å². The van der Waals surface area contributed by atoms with E-state index >= 15 is 0 Å². The molecule has 2 aliphatic rings. The van der Waals surface area contributed by atoms with Gasteiger partial charge in [0.15, 0.2) is 0 Å². The van der Waals surface area contributed by atoms with E-state index in [-0.39, 0.29) is 0 Å². The molecule has 0 nitrogen and oxygen atoms in total. The maximum Gasteiger partial charge on any atom is -0.109 e. The van der Waals surface area contributed by atoms with Crippen molar-refractivity contribution in [1.82, 2.24) is 0 Å². The third-order valence-corrected chi connectivity index (χ3v) is 6.10. The van der Waals surface area contributed by atoms with Crippen LogP contribution in [0.5, 0.6) is 0 Å². The minimum atomic E-state index is 1.01. The van der Waals surface area contributed by atoms with Crippen LogP contribution in [0, 0.1) is 26.0 Å². The Hall–Kier alpha value is -1.85. The van der Waals surface area contributed by atoms with Gasteiger partial charge in [-0.25, -0.2) is 23.8 Å². The standard InChI is InChI=1S/C15H14.C7H9.C5H5.Zr/c1-12-7-3-5-9-14(12)11-15-10-6-4-8-13(15)2;1-6-4-3-5-7(6)2;1-2-4-5-3-1;/h3-10H,1-2H3;4H,5H2,1-2H3;1-3H,4H2;/q;2*-1;+2. The fourth-order valence-electron chi connectivity index (χ4n) is 2.81. The van der Waals surface area contributed by atoms with Crippen LogP contribution in [-0.2, 0) is 24.2 Å². The first kappa shape index (κ1) is 22.4. The molecule has 1 heteroatoms. The van der Waals surface area contributed by atoms with Crippen molar-refractivity contribution >= 4 is 3.21 Å². The fourth-order valence-corrected chi connectivity index (χ4v) is 4.19. The third-order valence-electron chi connectivity index (χ3n) is 4.77. The van der Waals surface area contributed by atoms with Crippen LogP contribution in [0.15, 0.2) is 84.0 Å². The summed E-state index contributed by atoms with van der Waals surface area (Å²) in [6.07, 6.45) is 16.2. The molecule has 0 atom stereocenters. The predicted octanol–water partition coefficient (Wildman–Crippen LogP) is 6.81. The summed E-state index contributed by atoms with van der Waals surface area (Å²) in [5.74, 6) is 0. The van der Waals surface area contributed by atoms with Gasteiger partial charge in [0.05, 0.1) is 0 Å². The van der Waals surface area contributed by atoms with E-state index in [0.29, 0.717) is 0 Å². The van der Waals surface area contributed by atoms with Gasteiger partial charge < -0.3 is 0 Å². The largest absolute Gasteiger partial charge is 0.273 e. The van der Waals surface area contributed by atoms with E-state index in [0.717, 1.165) is 12.8 Å². The molecule has 0 saturated carbocycles. The second-order valence-corrected chi connectivity index (χ2v) is 8.23. The maximum absolute atomic E-state index is 3.12. The summed E-state index contributed by atoms with van der Waals surface area (Å²) in [5, 5.41) is 0. The smallest absolute Gasteiger partial charge is 0.109 e. The topological polar surface area (TPSA) is 0 Å². The molecule has 2 aliphatic carbocycles. The van der Waals surface area contributed by atoms with Crippen LogP contribution in [-0.4, -0.2) is 3.21 Å². The molecule has 4 rings (SSSR count). The van der Waals surface area contributed by atoms with E-state index < -0.39 is 0 Å². The van der Waals surface area contributed by atoms with E-state index in [1.165, 1.54) is 60.8 Å². The van der Waals surface area contributed by atoms with Crippen molar-refractivity contribution in [3.8, 4) is 0 Å². The van der Waals surface area contributed by atoms with Crippen molar-refractivity contribution in [1.29, 1.82) is 0 Å². The monoisotopic (exact) mass is 442 g/mol. The van der Waals surface area contributed by atoms with Crippen molar-refractivity contribution in [3.05, 3.63) is 118 Å².